The van der Waals surface area contributed by atoms with Crippen LogP contribution in [0.2, 0.25) is 0 Å². The van der Waals surface area contributed by atoms with Gasteiger partial charge in [0, 0.05) is 13.0 Å². The summed E-state index contributed by atoms with van der Waals surface area (Å²) in [5, 5.41) is 9.07. The average molecular weight is 274 g/mol. The Hall–Kier alpha value is -1.84. The molecular formula is C16H22N2O2. The first-order valence-electron chi connectivity index (χ1n) is 7.29. The molecule has 2 rings (SSSR count). The lowest BCUT2D eigenvalue weighted by Gasteiger charge is -2.13. The second-order valence-corrected chi connectivity index (χ2v) is 5.41. The van der Waals surface area contributed by atoms with Crippen LogP contribution in [0.4, 0.5) is 0 Å². The molecule has 0 radical (unpaired) electrons. The zero-order chi connectivity index (χ0) is 14.7. The highest BCUT2D eigenvalue weighted by Crippen LogP contribution is 2.21. The van der Waals surface area contributed by atoms with Crippen molar-refractivity contribution in [2.75, 3.05) is 0 Å². The number of rotatable bonds is 6. The molecular weight excluding hydrogens is 252 g/mol. The smallest absolute Gasteiger partial charge is 0.335 e. The summed E-state index contributed by atoms with van der Waals surface area (Å²) in [7, 11) is 0. The van der Waals surface area contributed by atoms with Gasteiger partial charge in [0.1, 0.15) is 5.82 Å². The van der Waals surface area contributed by atoms with Crippen molar-refractivity contribution in [3.8, 4) is 0 Å². The minimum atomic E-state index is -0.902. The quantitative estimate of drug-likeness (QED) is 0.873. The van der Waals surface area contributed by atoms with Gasteiger partial charge >= 0.3 is 5.97 Å². The van der Waals surface area contributed by atoms with Crippen molar-refractivity contribution in [2.24, 2.45) is 5.92 Å². The van der Waals surface area contributed by atoms with Crippen molar-refractivity contribution < 1.29 is 9.90 Å². The molecule has 1 aromatic carbocycles. The van der Waals surface area contributed by atoms with E-state index in [1.165, 1.54) is 0 Å². The summed E-state index contributed by atoms with van der Waals surface area (Å²) in [6, 6.07) is 5.21. The molecule has 0 saturated carbocycles. The van der Waals surface area contributed by atoms with Gasteiger partial charge < -0.3 is 9.67 Å². The first kappa shape index (κ1) is 14.6. The molecule has 20 heavy (non-hydrogen) atoms. The van der Waals surface area contributed by atoms with Crippen LogP contribution in [-0.2, 0) is 13.0 Å². The molecule has 0 fully saturated rings. The lowest BCUT2D eigenvalue weighted by Crippen LogP contribution is -2.10. The number of carbonyl (C=O) groups is 1. The number of aryl methyl sites for hydroxylation is 1. The number of hydrogen-bond acceptors (Lipinski definition) is 2. The van der Waals surface area contributed by atoms with Crippen LogP contribution in [0, 0.1) is 5.92 Å². The largest absolute Gasteiger partial charge is 0.478 e. The number of aromatic nitrogens is 2. The van der Waals surface area contributed by atoms with Crippen molar-refractivity contribution in [2.45, 2.75) is 46.6 Å². The van der Waals surface area contributed by atoms with Crippen molar-refractivity contribution in [3.63, 3.8) is 0 Å². The summed E-state index contributed by atoms with van der Waals surface area (Å²) in [6.07, 6.45) is 3.08. The molecule has 108 valence electrons. The van der Waals surface area contributed by atoms with E-state index in [0.717, 1.165) is 42.7 Å². The van der Waals surface area contributed by atoms with Gasteiger partial charge in [-0.3, -0.25) is 0 Å². The molecule has 4 nitrogen and oxygen atoms in total. The van der Waals surface area contributed by atoms with Crippen molar-refractivity contribution in [1.29, 1.82) is 0 Å². The van der Waals surface area contributed by atoms with E-state index in [4.69, 9.17) is 5.11 Å². The number of benzene rings is 1. The maximum Gasteiger partial charge on any atom is 0.335 e. The van der Waals surface area contributed by atoms with Crippen LogP contribution in [0.1, 0.15) is 49.8 Å². The molecule has 1 heterocycles. The number of imidazole rings is 1. The number of carboxylic acids is 1. The summed E-state index contributed by atoms with van der Waals surface area (Å²) < 4.78 is 2.25. The monoisotopic (exact) mass is 274 g/mol. The Kier molecular flexibility index (Phi) is 4.42. The highest BCUT2D eigenvalue weighted by Gasteiger charge is 2.14. The molecule has 1 aromatic heterocycles. The molecule has 0 aliphatic heterocycles. The Labute approximate surface area is 119 Å². The van der Waals surface area contributed by atoms with E-state index in [2.05, 4.69) is 30.3 Å². The van der Waals surface area contributed by atoms with Crippen LogP contribution >= 0.6 is 0 Å². The van der Waals surface area contributed by atoms with E-state index >= 15 is 0 Å². The molecule has 0 saturated heterocycles. The fourth-order valence-corrected chi connectivity index (χ4v) is 2.37. The molecule has 0 aliphatic carbocycles. The van der Waals surface area contributed by atoms with Crippen LogP contribution in [-0.4, -0.2) is 20.6 Å². The lowest BCUT2D eigenvalue weighted by molar-refractivity contribution is 0.0697. The Morgan fingerprint density at radius 3 is 2.75 bits per heavy atom. The normalized spacial score (nSPS) is 12.8. The summed E-state index contributed by atoms with van der Waals surface area (Å²) in [6.45, 7) is 7.49. The molecule has 0 spiro atoms. The van der Waals surface area contributed by atoms with Crippen LogP contribution in [0.15, 0.2) is 18.2 Å². The van der Waals surface area contributed by atoms with Gasteiger partial charge in [-0.25, -0.2) is 9.78 Å². The lowest BCUT2D eigenvalue weighted by atomic mass is 10.1. The van der Waals surface area contributed by atoms with Gasteiger partial charge in [-0.05, 0) is 30.5 Å². The first-order valence-corrected chi connectivity index (χ1v) is 7.29. The highest BCUT2D eigenvalue weighted by molar-refractivity contribution is 5.92. The number of nitrogens with zero attached hydrogens (tertiary/aromatic N) is 2. The highest BCUT2D eigenvalue weighted by atomic mass is 16.4. The Bertz CT molecular complexity index is 616. The van der Waals surface area contributed by atoms with E-state index < -0.39 is 5.97 Å². The van der Waals surface area contributed by atoms with Gasteiger partial charge in [0.25, 0.3) is 0 Å². The average Bonchev–Trinajstić information content (AvgIpc) is 2.76. The number of carboxylic acid groups (broad SMARTS) is 1. The molecule has 1 N–H and O–H groups in total. The number of hydrogen-bond donors (Lipinski definition) is 1. The maximum atomic E-state index is 11.1. The van der Waals surface area contributed by atoms with E-state index in [-0.39, 0.29) is 0 Å². The molecule has 4 heteroatoms. The van der Waals surface area contributed by atoms with E-state index in [1.54, 1.807) is 12.1 Å². The molecule has 1 unspecified atom stereocenters. The number of fused-ring (bicyclic) bond motifs is 1. The van der Waals surface area contributed by atoms with Crippen LogP contribution in [0.3, 0.4) is 0 Å². The molecule has 1 atom stereocenters. The zero-order valence-corrected chi connectivity index (χ0v) is 12.4. The third-order valence-corrected chi connectivity index (χ3v) is 3.74. The van der Waals surface area contributed by atoms with Gasteiger partial charge in [-0.15, -0.1) is 0 Å². The first-order chi connectivity index (χ1) is 9.56. The Morgan fingerprint density at radius 1 is 1.40 bits per heavy atom. The fraction of sp³-hybridized carbons (Fsp3) is 0.500. The second-order valence-electron chi connectivity index (χ2n) is 5.41. The summed E-state index contributed by atoms with van der Waals surface area (Å²) in [4.78, 5) is 15.7. The third kappa shape index (κ3) is 2.84. The topological polar surface area (TPSA) is 55.1 Å². The van der Waals surface area contributed by atoms with Gasteiger partial charge in [0.2, 0.25) is 0 Å². The van der Waals surface area contributed by atoms with Crippen LogP contribution in [0.5, 0.6) is 0 Å². The van der Waals surface area contributed by atoms with Crippen LogP contribution < -0.4 is 0 Å². The minimum Gasteiger partial charge on any atom is -0.478 e. The van der Waals surface area contributed by atoms with Gasteiger partial charge in [-0.1, -0.05) is 27.2 Å². The Morgan fingerprint density at radius 2 is 2.15 bits per heavy atom. The van der Waals surface area contributed by atoms with Crippen LogP contribution in [0.25, 0.3) is 11.0 Å². The van der Waals surface area contributed by atoms with Gasteiger partial charge in [0.05, 0.1) is 16.6 Å². The molecule has 0 aliphatic rings. The van der Waals surface area contributed by atoms with Gasteiger partial charge in [0.15, 0.2) is 0 Å². The summed E-state index contributed by atoms with van der Waals surface area (Å²) in [5.74, 6) is 0.743. The molecule has 0 bridgehead atoms. The summed E-state index contributed by atoms with van der Waals surface area (Å²) >= 11 is 0. The SMILES string of the molecule is CCCc1nc2cc(C(=O)O)ccc2n1CC(C)CC. The second kappa shape index (κ2) is 6.07. The summed E-state index contributed by atoms with van der Waals surface area (Å²) in [5.41, 5.74) is 2.13. The fourth-order valence-electron chi connectivity index (χ4n) is 2.37. The molecule has 2 aromatic rings. The molecule has 0 amide bonds. The van der Waals surface area contributed by atoms with Gasteiger partial charge in [-0.2, -0.15) is 0 Å². The standard InChI is InChI=1S/C16H22N2O2/c1-4-6-15-17-13-9-12(16(19)20)7-8-14(13)18(15)10-11(3)5-2/h7-9,11H,4-6,10H2,1-3H3,(H,19,20). The predicted octanol–water partition coefficient (Wildman–Crippen LogP) is 3.73. The minimum absolute atomic E-state index is 0.300. The van der Waals surface area contributed by atoms with E-state index in [0.29, 0.717) is 11.5 Å². The van der Waals surface area contributed by atoms with E-state index in [1.807, 2.05) is 6.07 Å². The van der Waals surface area contributed by atoms with Crippen molar-refractivity contribution >= 4 is 17.0 Å². The van der Waals surface area contributed by atoms with Crippen molar-refractivity contribution in [1.82, 2.24) is 9.55 Å². The predicted molar refractivity (Wildman–Crippen MR) is 80.1 cm³/mol. The van der Waals surface area contributed by atoms with E-state index in [9.17, 15) is 4.79 Å². The zero-order valence-electron chi connectivity index (χ0n) is 12.4. The third-order valence-electron chi connectivity index (χ3n) is 3.74. The number of aromatic carboxylic acids is 1. The maximum absolute atomic E-state index is 11.1. The van der Waals surface area contributed by atoms with Crippen molar-refractivity contribution in [3.05, 3.63) is 29.6 Å². The Balaban J connectivity index is 2.51.